The molecule has 0 atom stereocenters. The van der Waals surface area contributed by atoms with Gasteiger partial charge in [-0.15, -0.1) is 0 Å². The van der Waals surface area contributed by atoms with E-state index in [1.54, 1.807) is 13.8 Å². The van der Waals surface area contributed by atoms with E-state index >= 15 is 0 Å². The minimum Gasteiger partial charge on any atom is -0.465 e. The second-order valence-electron chi connectivity index (χ2n) is 6.40. The Morgan fingerprint density at radius 2 is 1.48 bits per heavy atom. The van der Waals surface area contributed by atoms with Crippen LogP contribution in [0.2, 0.25) is 0 Å². The number of esters is 2. The first-order chi connectivity index (χ1) is 14.0. The summed E-state index contributed by atoms with van der Waals surface area (Å²) in [5, 5.41) is 0. The van der Waals surface area contributed by atoms with Crippen LogP contribution in [0, 0.1) is 6.92 Å². The van der Waals surface area contributed by atoms with Gasteiger partial charge < -0.3 is 13.9 Å². The molecule has 6 nitrogen and oxygen atoms in total. The minimum absolute atomic E-state index is 0.137. The van der Waals surface area contributed by atoms with Gasteiger partial charge in [0.2, 0.25) is 5.89 Å². The van der Waals surface area contributed by atoms with Crippen molar-refractivity contribution in [1.29, 1.82) is 0 Å². The Labute approximate surface area is 169 Å². The molecule has 1 heterocycles. The molecule has 0 N–H and O–H groups in total. The van der Waals surface area contributed by atoms with Crippen molar-refractivity contribution >= 4 is 11.9 Å². The minimum atomic E-state index is -1.33. The lowest BCUT2D eigenvalue weighted by molar-refractivity contribution is -0.157. The van der Waals surface area contributed by atoms with E-state index in [4.69, 9.17) is 13.9 Å². The average molecular weight is 393 g/mol. The molecule has 0 aliphatic rings. The molecule has 3 rings (SSSR count). The predicted octanol–water partition coefficient (Wildman–Crippen LogP) is 4.53. The van der Waals surface area contributed by atoms with E-state index in [2.05, 4.69) is 4.98 Å². The van der Waals surface area contributed by atoms with E-state index in [-0.39, 0.29) is 18.9 Å². The first-order valence-corrected chi connectivity index (χ1v) is 9.51. The van der Waals surface area contributed by atoms with Crippen molar-refractivity contribution in [1.82, 2.24) is 4.98 Å². The number of aromatic nitrogens is 1. The quantitative estimate of drug-likeness (QED) is 0.434. The molecule has 2 aromatic carbocycles. The molecule has 0 amide bonds. The van der Waals surface area contributed by atoms with Crippen molar-refractivity contribution < 1.29 is 23.5 Å². The van der Waals surface area contributed by atoms with Gasteiger partial charge in [-0.3, -0.25) is 9.59 Å². The lowest BCUT2D eigenvalue weighted by Gasteiger charge is -2.13. The molecule has 6 heteroatoms. The number of nitrogens with zero attached hydrogens (tertiary/aromatic N) is 1. The summed E-state index contributed by atoms with van der Waals surface area (Å²) in [7, 11) is 0. The SMILES string of the molecule is CCOC(=O)C(C(=O)OCC)c1nc(-c2ccccc2)oc1-c1ccc(C)cc1. The van der Waals surface area contributed by atoms with E-state index in [9.17, 15) is 9.59 Å². The third-order valence-electron chi connectivity index (χ3n) is 4.31. The third-order valence-corrected chi connectivity index (χ3v) is 4.31. The Hall–Kier alpha value is -3.41. The van der Waals surface area contributed by atoms with Crippen LogP contribution in [-0.4, -0.2) is 30.1 Å². The van der Waals surface area contributed by atoms with Gasteiger partial charge in [0.1, 0.15) is 5.69 Å². The second kappa shape index (κ2) is 9.19. The van der Waals surface area contributed by atoms with Gasteiger partial charge in [-0.25, -0.2) is 4.98 Å². The number of hydrogen-bond acceptors (Lipinski definition) is 6. The summed E-state index contributed by atoms with van der Waals surface area (Å²) in [5.74, 6) is -2.10. The van der Waals surface area contributed by atoms with Crippen LogP contribution < -0.4 is 0 Å². The van der Waals surface area contributed by atoms with Crippen molar-refractivity contribution in [2.24, 2.45) is 0 Å². The van der Waals surface area contributed by atoms with Crippen molar-refractivity contribution in [2.45, 2.75) is 26.7 Å². The molecule has 0 saturated heterocycles. The number of oxazole rings is 1. The third kappa shape index (κ3) is 4.54. The maximum atomic E-state index is 12.6. The van der Waals surface area contributed by atoms with Crippen LogP contribution in [0.1, 0.15) is 31.0 Å². The highest BCUT2D eigenvalue weighted by Gasteiger charge is 2.37. The zero-order valence-electron chi connectivity index (χ0n) is 16.7. The van der Waals surface area contributed by atoms with Crippen molar-refractivity contribution in [3.63, 3.8) is 0 Å². The van der Waals surface area contributed by atoms with Crippen molar-refractivity contribution in [3.8, 4) is 22.8 Å². The molecule has 1 aromatic heterocycles. The van der Waals surface area contributed by atoms with Crippen LogP contribution in [0.25, 0.3) is 22.8 Å². The topological polar surface area (TPSA) is 78.6 Å². The van der Waals surface area contributed by atoms with E-state index in [0.717, 1.165) is 11.1 Å². The van der Waals surface area contributed by atoms with Gasteiger partial charge in [0.25, 0.3) is 0 Å². The monoisotopic (exact) mass is 393 g/mol. The molecule has 0 radical (unpaired) electrons. The summed E-state index contributed by atoms with van der Waals surface area (Å²) in [6.07, 6.45) is 0. The van der Waals surface area contributed by atoms with Gasteiger partial charge in [0.05, 0.1) is 13.2 Å². The fourth-order valence-corrected chi connectivity index (χ4v) is 2.91. The smallest absolute Gasteiger partial charge is 0.326 e. The first-order valence-electron chi connectivity index (χ1n) is 9.51. The summed E-state index contributed by atoms with van der Waals surface area (Å²) in [4.78, 5) is 29.8. The zero-order valence-corrected chi connectivity index (χ0v) is 16.7. The number of carbonyl (C=O) groups is 2. The van der Waals surface area contributed by atoms with Crippen LogP contribution in [-0.2, 0) is 19.1 Å². The molecule has 0 aliphatic heterocycles. The highest BCUT2D eigenvalue weighted by Crippen LogP contribution is 2.35. The molecule has 150 valence electrons. The Balaban J connectivity index is 2.17. The zero-order chi connectivity index (χ0) is 20.8. The first kappa shape index (κ1) is 20.3. The van der Waals surface area contributed by atoms with Gasteiger partial charge in [-0.05, 0) is 32.9 Å². The molecule has 3 aromatic rings. The van der Waals surface area contributed by atoms with Gasteiger partial charge in [-0.2, -0.15) is 0 Å². The van der Waals surface area contributed by atoms with Crippen LogP contribution in [0.4, 0.5) is 0 Å². The Bertz CT molecular complexity index is 958. The number of benzene rings is 2. The highest BCUT2D eigenvalue weighted by molar-refractivity contribution is 6.01. The Morgan fingerprint density at radius 1 is 0.897 bits per heavy atom. The van der Waals surface area contributed by atoms with E-state index in [0.29, 0.717) is 17.2 Å². The number of ether oxygens (including phenoxy) is 2. The van der Waals surface area contributed by atoms with E-state index < -0.39 is 17.9 Å². The molecular formula is C23H23NO5. The molecule has 0 saturated carbocycles. The summed E-state index contributed by atoms with van der Waals surface area (Å²) in [5.41, 5.74) is 2.70. The number of rotatable bonds is 7. The maximum Gasteiger partial charge on any atom is 0.326 e. The van der Waals surface area contributed by atoms with E-state index in [1.807, 2.05) is 61.5 Å². The van der Waals surface area contributed by atoms with Gasteiger partial charge in [0.15, 0.2) is 11.7 Å². The molecule has 0 unspecified atom stereocenters. The highest BCUT2D eigenvalue weighted by atomic mass is 16.6. The molecule has 0 spiro atoms. The van der Waals surface area contributed by atoms with E-state index in [1.165, 1.54) is 0 Å². The fourth-order valence-electron chi connectivity index (χ4n) is 2.91. The Kier molecular flexibility index (Phi) is 6.44. The molecular weight excluding hydrogens is 370 g/mol. The number of aryl methyl sites for hydroxylation is 1. The molecule has 0 bridgehead atoms. The standard InChI is InChI=1S/C23H23NO5/c1-4-27-22(25)18(23(26)28-5-2)19-20(16-13-11-15(3)12-14-16)29-21(24-19)17-9-7-6-8-10-17/h6-14,18H,4-5H2,1-3H3. The van der Waals surface area contributed by atoms with Crippen LogP contribution in [0.5, 0.6) is 0 Å². The molecule has 29 heavy (non-hydrogen) atoms. The fraction of sp³-hybridized carbons (Fsp3) is 0.261. The molecule has 0 aliphatic carbocycles. The van der Waals surface area contributed by atoms with Crippen molar-refractivity contribution in [2.75, 3.05) is 13.2 Å². The summed E-state index contributed by atoms with van der Waals surface area (Å²) in [6.45, 7) is 5.61. The van der Waals surface area contributed by atoms with Gasteiger partial charge >= 0.3 is 11.9 Å². The number of hydrogen-bond donors (Lipinski definition) is 0. The normalized spacial score (nSPS) is 10.8. The van der Waals surface area contributed by atoms with Gasteiger partial charge in [-0.1, -0.05) is 48.0 Å². The molecule has 0 fully saturated rings. The maximum absolute atomic E-state index is 12.6. The van der Waals surface area contributed by atoms with Crippen LogP contribution in [0.15, 0.2) is 59.0 Å². The lowest BCUT2D eigenvalue weighted by Crippen LogP contribution is -2.27. The van der Waals surface area contributed by atoms with Gasteiger partial charge in [0, 0.05) is 11.1 Å². The average Bonchev–Trinajstić information content (AvgIpc) is 3.14. The summed E-state index contributed by atoms with van der Waals surface area (Å²) in [6, 6.07) is 16.9. The van der Waals surface area contributed by atoms with Crippen LogP contribution in [0.3, 0.4) is 0 Å². The second-order valence-corrected chi connectivity index (χ2v) is 6.40. The number of carbonyl (C=O) groups excluding carboxylic acids is 2. The Morgan fingerprint density at radius 3 is 2.03 bits per heavy atom. The van der Waals surface area contributed by atoms with Crippen LogP contribution >= 0.6 is 0 Å². The summed E-state index contributed by atoms with van der Waals surface area (Å²) >= 11 is 0. The predicted molar refractivity (Wildman–Crippen MR) is 108 cm³/mol. The van der Waals surface area contributed by atoms with Crippen molar-refractivity contribution in [3.05, 3.63) is 65.9 Å². The lowest BCUT2D eigenvalue weighted by atomic mass is 10.00. The summed E-state index contributed by atoms with van der Waals surface area (Å²) < 4.78 is 16.3. The largest absolute Gasteiger partial charge is 0.465 e.